The second-order valence-corrected chi connectivity index (χ2v) is 5.77. The number of carbonyl (C=O) groups is 1. The van der Waals surface area contributed by atoms with Gasteiger partial charge in [0.1, 0.15) is 23.7 Å². The molecule has 5 nitrogen and oxygen atoms in total. The van der Waals surface area contributed by atoms with E-state index in [4.69, 9.17) is 14.2 Å². The van der Waals surface area contributed by atoms with Gasteiger partial charge in [0.25, 0.3) is 0 Å². The third-order valence-corrected chi connectivity index (χ3v) is 2.95. The third kappa shape index (κ3) is 2.98. The lowest BCUT2D eigenvalue weighted by molar-refractivity contribution is 0.0567. The first-order valence-corrected chi connectivity index (χ1v) is 6.64. The molecule has 0 atom stereocenters. The molecular weight excluding hydrogens is 258 g/mol. The van der Waals surface area contributed by atoms with Crippen LogP contribution in [-0.4, -0.2) is 32.0 Å². The van der Waals surface area contributed by atoms with Gasteiger partial charge in [-0.1, -0.05) is 0 Å². The molecule has 0 bridgehead atoms. The Morgan fingerprint density at radius 3 is 2.65 bits per heavy atom. The van der Waals surface area contributed by atoms with Gasteiger partial charge in [0, 0.05) is 6.07 Å². The molecule has 1 aliphatic heterocycles. The molecular formula is C15H21NO4. The molecule has 5 heteroatoms. The molecule has 0 saturated carbocycles. The lowest BCUT2D eigenvalue weighted by Crippen LogP contribution is -2.41. The van der Waals surface area contributed by atoms with Gasteiger partial charge < -0.3 is 14.2 Å². The number of hydrogen-bond acceptors (Lipinski definition) is 4. The molecule has 110 valence electrons. The minimum atomic E-state index is -0.523. The quantitative estimate of drug-likeness (QED) is 0.792. The predicted octanol–water partition coefficient (Wildman–Crippen LogP) is 3.14. The Morgan fingerprint density at radius 1 is 1.35 bits per heavy atom. The number of anilines is 1. The van der Waals surface area contributed by atoms with Crippen LogP contribution in [0, 0.1) is 6.92 Å². The third-order valence-electron chi connectivity index (χ3n) is 2.95. The number of rotatable bonds is 1. The molecule has 0 unspecified atom stereocenters. The normalized spacial score (nSPS) is 14.3. The van der Waals surface area contributed by atoms with Crippen LogP contribution in [0.3, 0.4) is 0 Å². The number of methoxy groups -OCH3 is 1. The van der Waals surface area contributed by atoms with E-state index in [-0.39, 0.29) is 6.09 Å². The molecule has 0 aromatic heterocycles. The van der Waals surface area contributed by atoms with E-state index in [1.807, 2.05) is 39.8 Å². The largest absolute Gasteiger partial charge is 0.496 e. The minimum Gasteiger partial charge on any atom is -0.496 e. The van der Waals surface area contributed by atoms with Gasteiger partial charge in [0.2, 0.25) is 0 Å². The minimum absolute atomic E-state index is 0.368. The molecule has 20 heavy (non-hydrogen) atoms. The number of ether oxygens (including phenoxy) is 3. The Bertz CT molecular complexity index is 519. The van der Waals surface area contributed by atoms with Crippen LogP contribution in [-0.2, 0) is 4.74 Å². The van der Waals surface area contributed by atoms with Crippen molar-refractivity contribution in [3.63, 3.8) is 0 Å². The lowest BCUT2D eigenvalue weighted by atomic mass is 10.1. The van der Waals surface area contributed by atoms with Crippen LogP contribution in [0.4, 0.5) is 10.5 Å². The fourth-order valence-electron chi connectivity index (χ4n) is 2.07. The molecule has 1 aromatic rings. The monoisotopic (exact) mass is 279 g/mol. The van der Waals surface area contributed by atoms with Gasteiger partial charge in [-0.05, 0) is 39.3 Å². The molecule has 0 aliphatic carbocycles. The summed E-state index contributed by atoms with van der Waals surface area (Å²) < 4.78 is 16.3. The van der Waals surface area contributed by atoms with Crippen LogP contribution in [0.5, 0.6) is 11.5 Å². The summed E-state index contributed by atoms with van der Waals surface area (Å²) in [6.07, 6.45) is -0.368. The van der Waals surface area contributed by atoms with E-state index < -0.39 is 5.60 Å². The number of benzene rings is 1. The molecule has 1 amide bonds. The maximum atomic E-state index is 12.3. The van der Waals surface area contributed by atoms with Gasteiger partial charge in [-0.2, -0.15) is 0 Å². The van der Waals surface area contributed by atoms with Gasteiger partial charge in [-0.25, -0.2) is 4.79 Å². The molecule has 0 saturated heterocycles. The summed E-state index contributed by atoms with van der Waals surface area (Å²) in [5.74, 6) is 1.41. The number of fused-ring (bicyclic) bond motifs is 1. The Morgan fingerprint density at radius 2 is 2.05 bits per heavy atom. The summed E-state index contributed by atoms with van der Waals surface area (Å²) in [4.78, 5) is 13.9. The summed E-state index contributed by atoms with van der Waals surface area (Å²) >= 11 is 0. The van der Waals surface area contributed by atoms with Crippen molar-refractivity contribution in [1.29, 1.82) is 0 Å². The number of carbonyl (C=O) groups excluding carboxylic acids is 1. The second kappa shape index (κ2) is 5.23. The van der Waals surface area contributed by atoms with Crippen LogP contribution in [0.25, 0.3) is 0 Å². The van der Waals surface area contributed by atoms with E-state index in [1.165, 1.54) is 0 Å². The van der Waals surface area contributed by atoms with E-state index in [0.29, 0.717) is 24.6 Å². The number of aryl methyl sites for hydroxylation is 1. The molecule has 1 aromatic carbocycles. The van der Waals surface area contributed by atoms with Gasteiger partial charge in [-0.15, -0.1) is 0 Å². The first-order valence-electron chi connectivity index (χ1n) is 6.64. The van der Waals surface area contributed by atoms with Crippen molar-refractivity contribution >= 4 is 11.8 Å². The SMILES string of the molecule is COc1cc2c(cc1C)OCCN2C(=O)OC(C)(C)C. The number of amides is 1. The highest BCUT2D eigenvalue weighted by atomic mass is 16.6. The number of hydrogen-bond donors (Lipinski definition) is 0. The molecule has 0 radical (unpaired) electrons. The Labute approximate surface area is 119 Å². The first-order chi connectivity index (χ1) is 9.31. The summed E-state index contributed by atoms with van der Waals surface area (Å²) in [7, 11) is 1.61. The van der Waals surface area contributed by atoms with Crippen LogP contribution >= 0.6 is 0 Å². The van der Waals surface area contributed by atoms with E-state index in [9.17, 15) is 4.79 Å². The molecule has 2 rings (SSSR count). The highest BCUT2D eigenvalue weighted by Crippen LogP contribution is 2.37. The van der Waals surface area contributed by atoms with Gasteiger partial charge in [0.15, 0.2) is 0 Å². The standard InChI is InChI=1S/C15H21NO4/c1-10-8-13-11(9-12(10)18-5)16(6-7-19-13)14(17)20-15(2,3)4/h8-9H,6-7H2,1-5H3. The highest BCUT2D eigenvalue weighted by molar-refractivity contribution is 5.91. The molecule has 1 aliphatic rings. The Hall–Kier alpha value is -1.91. The van der Waals surface area contributed by atoms with Crippen LogP contribution in [0.15, 0.2) is 12.1 Å². The van der Waals surface area contributed by atoms with E-state index in [1.54, 1.807) is 12.0 Å². The maximum Gasteiger partial charge on any atom is 0.415 e. The fourth-order valence-corrected chi connectivity index (χ4v) is 2.07. The smallest absolute Gasteiger partial charge is 0.415 e. The van der Waals surface area contributed by atoms with E-state index in [0.717, 1.165) is 11.3 Å². The molecule has 1 heterocycles. The Kier molecular flexibility index (Phi) is 3.79. The predicted molar refractivity (Wildman–Crippen MR) is 76.8 cm³/mol. The fraction of sp³-hybridized carbons (Fsp3) is 0.533. The van der Waals surface area contributed by atoms with E-state index in [2.05, 4.69) is 0 Å². The van der Waals surface area contributed by atoms with Crippen molar-refractivity contribution in [2.75, 3.05) is 25.2 Å². The van der Waals surface area contributed by atoms with Gasteiger partial charge >= 0.3 is 6.09 Å². The van der Waals surface area contributed by atoms with Crippen molar-refractivity contribution in [3.8, 4) is 11.5 Å². The van der Waals surface area contributed by atoms with Crippen molar-refractivity contribution in [2.24, 2.45) is 0 Å². The van der Waals surface area contributed by atoms with Crippen molar-refractivity contribution in [1.82, 2.24) is 0 Å². The maximum absolute atomic E-state index is 12.3. The van der Waals surface area contributed by atoms with Crippen molar-refractivity contribution < 1.29 is 19.0 Å². The van der Waals surface area contributed by atoms with Crippen molar-refractivity contribution in [3.05, 3.63) is 17.7 Å². The highest BCUT2D eigenvalue weighted by Gasteiger charge is 2.29. The van der Waals surface area contributed by atoms with Crippen LogP contribution < -0.4 is 14.4 Å². The topological polar surface area (TPSA) is 48.0 Å². The molecule has 0 fully saturated rings. The number of nitrogens with zero attached hydrogens (tertiary/aromatic N) is 1. The Balaban J connectivity index is 2.34. The summed E-state index contributed by atoms with van der Waals surface area (Å²) in [6, 6.07) is 3.69. The first kappa shape index (κ1) is 14.5. The molecule has 0 N–H and O–H groups in total. The zero-order valence-corrected chi connectivity index (χ0v) is 12.6. The summed E-state index contributed by atoms with van der Waals surface area (Å²) in [5, 5.41) is 0. The zero-order chi connectivity index (χ0) is 14.9. The van der Waals surface area contributed by atoms with Gasteiger partial charge in [0.05, 0.1) is 19.3 Å². The van der Waals surface area contributed by atoms with Crippen LogP contribution in [0.1, 0.15) is 26.3 Å². The van der Waals surface area contributed by atoms with Crippen molar-refractivity contribution in [2.45, 2.75) is 33.3 Å². The van der Waals surface area contributed by atoms with E-state index >= 15 is 0 Å². The average molecular weight is 279 g/mol. The summed E-state index contributed by atoms with van der Waals surface area (Å²) in [6.45, 7) is 8.41. The molecule has 0 spiro atoms. The van der Waals surface area contributed by atoms with Gasteiger partial charge in [-0.3, -0.25) is 4.90 Å². The lowest BCUT2D eigenvalue weighted by Gasteiger charge is -2.32. The van der Waals surface area contributed by atoms with Crippen LogP contribution in [0.2, 0.25) is 0 Å². The zero-order valence-electron chi connectivity index (χ0n) is 12.6. The second-order valence-electron chi connectivity index (χ2n) is 5.77. The average Bonchev–Trinajstić information content (AvgIpc) is 2.35. The summed E-state index contributed by atoms with van der Waals surface area (Å²) in [5.41, 5.74) is 1.13.